The van der Waals surface area contributed by atoms with Gasteiger partial charge in [-0.3, -0.25) is 10.9 Å². The molecule has 0 heterocycles. The fourth-order valence-electron chi connectivity index (χ4n) is 3.12. The predicted octanol–water partition coefficient (Wildman–Crippen LogP) is 0.529. The molecule has 2 aromatic rings. The van der Waals surface area contributed by atoms with E-state index >= 15 is 0 Å². The molecule has 0 aliphatic rings. The Morgan fingerprint density at radius 2 is 1.30 bits per heavy atom. The summed E-state index contributed by atoms with van der Waals surface area (Å²) in [5, 5.41) is 53.7. The van der Waals surface area contributed by atoms with Gasteiger partial charge in [-0.2, -0.15) is 10.2 Å². The van der Waals surface area contributed by atoms with E-state index in [1.807, 2.05) is 62.4 Å². The van der Waals surface area contributed by atoms with Crippen molar-refractivity contribution in [3.8, 4) is 11.5 Å². The number of nitrogens with one attached hydrogen (secondary N) is 4. The molecule has 0 fully saturated rings. The Kier molecular flexibility index (Phi) is 14.8. The molecule has 218 valence electrons. The summed E-state index contributed by atoms with van der Waals surface area (Å²) in [6.45, 7) is 5.03. The summed E-state index contributed by atoms with van der Waals surface area (Å²) in [7, 11) is 0. The Morgan fingerprint density at radius 3 is 1.75 bits per heavy atom. The van der Waals surface area contributed by atoms with Gasteiger partial charge in [-0.25, -0.2) is 0 Å². The quantitative estimate of drug-likeness (QED) is 0.0821. The van der Waals surface area contributed by atoms with Gasteiger partial charge in [0.2, 0.25) is 0 Å². The fourth-order valence-corrected chi connectivity index (χ4v) is 3.36. The zero-order valence-corrected chi connectivity index (χ0v) is 23.9. The van der Waals surface area contributed by atoms with Crippen LogP contribution in [0.15, 0.2) is 58.7 Å². The summed E-state index contributed by atoms with van der Waals surface area (Å²) in [6, 6.07) is 15.0. The van der Waals surface area contributed by atoms with Crippen molar-refractivity contribution in [1.82, 2.24) is 21.5 Å². The van der Waals surface area contributed by atoms with E-state index in [0.717, 1.165) is 28.8 Å². The molecule has 0 amide bonds. The lowest BCUT2D eigenvalue weighted by Gasteiger charge is -2.21. The Hall–Kier alpha value is -3.40. The number of ether oxygens (including phenoxy) is 2. The molecule has 0 bridgehead atoms. The third-order valence-electron chi connectivity index (χ3n) is 5.23. The van der Waals surface area contributed by atoms with Gasteiger partial charge in [-0.1, -0.05) is 24.3 Å². The largest absolute Gasteiger partial charge is 0.494 e. The molecule has 0 aliphatic carbocycles. The maximum atomic E-state index is 10.5. The van der Waals surface area contributed by atoms with Crippen LogP contribution in [-0.2, 0) is 13.1 Å². The molecule has 8 N–H and O–H groups in total. The number of benzene rings is 2. The van der Waals surface area contributed by atoms with E-state index in [2.05, 4.69) is 31.7 Å². The highest BCUT2D eigenvalue weighted by Crippen LogP contribution is 2.12. The second-order valence-electron chi connectivity index (χ2n) is 8.22. The maximum Gasteiger partial charge on any atom is 0.187 e. The van der Waals surface area contributed by atoms with Crippen molar-refractivity contribution in [3.63, 3.8) is 0 Å². The standard InChI is InChI=1S/C26H36N6O6S2/c1-3-37-19-9-5-17(6-10-19)13-27-25(39)31-29-15-21(23(35)24(36)22(34)16-33)30-32-26(40)28-14-18-7-11-20(12-8-18)38-4-2/h5-12,15,22-24,33-36H,3-4,13-14,16H2,1-2H3,(H2,27,31,39)(H2,28,32,40)/b29-15-,30-21?. The normalized spacial score (nSPS) is 13.7. The predicted molar refractivity (Wildman–Crippen MR) is 161 cm³/mol. The van der Waals surface area contributed by atoms with Crippen molar-refractivity contribution in [2.24, 2.45) is 10.2 Å². The summed E-state index contributed by atoms with van der Waals surface area (Å²) in [4.78, 5) is 0. The van der Waals surface area contributed by atoms with Crippen LogP contribution in [0.2, 0.25) is 0 Å². The Bertz CT molecular complexity index is 1120. The lowest BCUT2D eigenvalue weighted by molar-refractivity contribution is -0.0549. The molecule has 3 atom stereocenters. The minimum absolute atomic E-state index is 0.129. The topological polar surface area (TPSA) is 172 Å². The number of hydrogen-bond acceptors (Lipinski definition) is 10. The van der Waals surface area contributed by atoms with Crippen LogP contribution in [0.1, 0.15) is 25.0 Å². The van der Waals surface area contributed by atoms with Crippen LogP contribution >= 0.6 is 24.4 Å². The zero-order valence-electron chi connectivity index (χ0n) is 22.3. The minimum atomic E-state index is -1.74. The highest BCUT2D eigenvalue weighted by atomic mass is 32.1. The van der Waals surface area contributed by atoms with E-state index in [-0.39, 0.29) is 15.9 Å². The van der Waals surface area contributed by atoms with Gasteiger partial charge in [0.15, 0.2) is 10.2 Å². The number of aliphatic hydroxyl groups excluding tert-OH is 4. The SMILES string of the molecule is CCOc1ccc(CNC(=S)NN=C(/C=N\NC(=S)NCc2ccc(OCC)cc2)C(O)C(O)C(O)CO)cc1. The first-order valence-electron chi connectivity index (χ1n) is 12.5. The van der Waals surface area contributed by atoms with Gasteiger partial charge in [-0.15, -0.1) is 0 Å². The maximum absolute atomic E-state index is 10.5. The van der Waals surface area contributed by atoms with Crippen LogP contribution in [0.3, 0.4) is 0 Å². The van der Waals surface area contributed by atoms with E-state index < -0.39 is 24.9 Å². The molecule has 0 saturated heterocycles. The zero-order chi connectivity index (χ0) is 29.3. The van der Waals surface area contributed by atoms with E-state index in [1.54, 1.807) is 0 Å². The average molecular weight is 593 g/mol. The number of nitrogens with zero attached hydrogens (tertiary/aromatic N) is 2. The van der Waals surface area contributed by atoms with Crippen molar-refractivity contribution < 1.29 is 29.9 Å². The first-order chi connectivity index (χ1) is 19.3. The van der Waals surface area contributed by atoms with Gasteiger partial charge in [-0.05, 0) is 73.7 Å². The van der Waals surface area contributed by atoms with Crippen LogP contribution in [0.25, 0.3) is 0 Å². The smallest absolute Gasteiger partial charge is 0.187 e. The molecule has 14 heteroatoms. The van der Waals surface area contributed by atoms with Gasteiger partial charge in [0.1, 0.15) is 35.5 Å². The van der Waals surface area contributed by atoms with Crippen LogP contribution in [0.5, 0.6) is 11.5 Å². The molecule has 12 nitrogen and oxygen atoms in total. The lowest BCUT2D eigenvalue weighted by atomic mass is 10.0. The fraction of sp³-hybridized carbons (Fsp3) is 0.385. The molecule has 40 heavy (non-hydrogen) atoms. The number of thiocarbonyl (C=S) groups is 2. The third kappa shape index (κ3) is 11.8. The third-order valence-corrected chi connectivity index (χ3v) is 5.70. The molecule has 0 aromatic heterocycles. The van der Waals surface area contributed by atoms with Crippen molar-refractivity contribution in [2.45, 2.75) is 45.2 Å². The monoisotopic (exact) mass is 592 g/mol. The minimum Gasteiger partial charge on any atom is -0.494 e. The number of aliphatic hydroxyl groups is 4. The summed E-state index contributed by atoms with van der Waals surface area (Å²) in [6.07, 6.45) is -3.96. The van der Waals surface area contributed by atoms with E-state index in [4.69, 9.17) is 39.0 Å². The van der Waals surface area contributed by atoms with Crippen molar-refractivity contribution in [3.05, 3.63) is 59.7 Å². The van der Waals surface area contributed by atoms with E-state index in [1.165, 1.54) is 0 Å². The molecule has 0 radical (unpaired) electrons. The van der Waals surface area contributed by atoms with Crippen molar-refractivity contribution in [2.75, 3.05) is 19.8 Å². The second kappa shape index (κ2) is 18.0. The van der Waals surface area contributed by atoms with Crippen LogP contribution in [0.4, 0.5) is 0 Å². The molecule has 3 unspecified atom stereocenters. The van der Waals surface area contributed by atoms with Gasteiger partial charge >= 0.3 is 0 Å². The highest BCUT2D eigenvalue weighted by molar-refractivity contribution is 7.80. The van der Waals surface area contributed by atoms with Gasteiger partial charge in [0.25, 0.3) is 0 Å². The second-order valence-corrected chi connectivity index (χ2v) is 9.04. The van der Waals surface area contributed by atoms with Crippen molar-refractivity contribution >= 4 is 46.6 Å². The van der Waals surface area contributed by atoms with Crippen LogP contribution < -0.4 is 31.0 Å². The molecular weight excluding hydrogens is 556 g/mol. The average Bonchev–Trinajstić information content (AvgIpc) is 2.97. The van der Waals surface area contributed by atoms with Crippen LogP contribution in [-0.4, -0.2) is 80.7 Å². The van der Waals surface area contributed by atoms with Gasteiger partial charge < -0.3 is 40.5 Å². The molecule has 0 spiro atoms. The van der Waals surface area contributed by atoms with E-state index in [9.17, 15) is 15.3 Å². The number of hydrazone groups is 2. The highest BCUT2D eigenvalue weighted by Gasteiger charge is 2.28. The molecule has 2 aromatic carbocycles. The Balaban J connectivity index is 1.95. The molecule has 0 aliphatic heterocycles. The van der Waals surface area contributed by atoms with Gasteiger partial charge in [0.05, 0.1) is 26.0 Å². The summed E-state index contributed by atoms with van der Waals surface area (Å²) >= 11 is 10.5. The van der Waals surface area contributed by atoms with E-state index in [0.29, 0.717) is 26.3 Å². The van der Waals surface area contributed by atoms with Gasteiger partial charge in [0, 0.05) is 13.1 Å². The summed E-state index contributed by atoms with van der Waals surface area (Å²) in [5.74, 6) is 1.53. The molecule has 0 saturated carbocycles. The summed E-state index contributed by atoms with van der Waals surface area (Å²) in [5.41, 5.74) is 6.88. The lowest BCUT2D eigenvalue weighted by Crippen LogP contribution is -2.45. The molecule has 2 rings (SSSR count). The number of rotatable bonds is 15. The molecular formula is C26H36N6O6S2. The number of hydrogen-bond donors (Lipinski definition) is 8. The van der Waals surface area contributed by atoms with Crippen molar-refractivity contribution in [1.29, 1.82) is 0 Å². The van der Waals surface area contributed by atoms with Crippen LogP contribution in [0, 0.1) is 0 Å². The first-order valence-corrected chi connectivity index (χ1v) is 13.4. The summed E-state index contributed by atoms with van der Waals surface area (Å²) < 4.78 is 10.8. The Morgan fingerprint density at radius 1 is 0.825 bits per heavy atom. The Labute approximate surface area is 244 Å². The first kappa shape index (κ1) is 32.8.